The Balaban J connectivity index is 1.60. The lowest BCUT2D eigenvalue weighted by molar-refractivity contribution is -0.119. The van der Waals surface area contributed by atoms with Crippen LogP contribution in [-0.4, -0.2) is 24.6 Å². The molecule has 2 N–H and O–H groups in total. The molecule has 1 aliphatic carbocycles. The molecule has 180 valence electrons. The molecule has 0 fully saturated rings. The Labute approximate surface area is 210 Å². The summed E-state index contributed by atoms with van der Waals surface area (Å²) < 4.78 is 5.29. The largest absolute Gasteiger partial charge is 0.497 e. The first-order valence-electron chi connectivity index (χ1n) is 11.6. The number of nitrogens with one attached hydrogen (secondary N) is 2. The average molecular weight is 488 g/mol. The Morgan fingerprint density at radius 2 is 1.89 bits per heavy atom. The smallest absolute Gasteiger partial charge is 0.230 e. The highest BCUT2D eigenvalue weighted by Crippen LogP contribution is 2.47. The van der Waals surface area contributed by atoms with E-state index in [0.29, 0.717) is 41.3 Å². The van der Waals surface area contributed by atoms with E-state index in [1.165, 1.54) is 11.8 Å². The number of ketones is 1. The molecule has 35 heavy (non-hydrogen) atoms. The van der Waals surface area contributed by atoms with Gasteiger partial charge in [0.05, 0.1) is 35.5 Å². The van der Waals surface area contributed by atoms with Crippen LogP contribution < -0.4 is 15.4 Å². The molecule has 0 unspecified atom stereocenters. The maximum atomic E-state index is 13.3. The Morgan fingerprint density at radius 3 is 2.54 bits per heavy atom. The fraction of sp³-hybridized carbons (Fsp3) is 0.321. The van der Waals surface area contributed by atoms with Crippen molar-refractivity contribution in [1.82, 2.24) is 10.6 Å². The van der Waals surface area contributed by atoms with Crippen molar-refractivity contribution in [3.63, 3.8) is 0 Å². The standard InChI is InChI=1S/C28H29N3O3S/c1-28(2)13-22-26(23(32)14-28)25(19-9-11-20(34-3)12-10-19)21(15-29)27(31-22)35-17-24(33)30-16-18-7-5-4-6-8-18/h4-12,25,31H,13-14,16-17H2,1-3H3,(H,30,33)/t25-/m1/s1. The van der Waals surface area contributed by atoms with E-state index in [4.69, 9.17) is 4.74 Å². The van der Waals surface area contributed by atoms with Crippen molar-refractivity contribution in [2.45, 2.75) is 39.2 Å². The zero-order chi connectivity index (χ0) is 25.0. The predicted octanol–water partition coefficient (Wildman–Crippen LogP) is 4.81. The molecule has 6 nitrogen and oxygen atoms in total. The minimum atomic E-state index is -0.472. The van der Waals surface area contributed by atoms with Gasteiger partial charge in [0, 0.05) is 24.2 Å². The number of hydrogen-bond donors (Lipinski definition) is 2. The quantitative estimate of drug-likeness (QED) is 0.582. The minimum absolute atomic E-state index is 0.0574. The van der Waals surface area contributed by atoms with Gasteiger partial charge in [-0.3, -0.25) is 9.59 Å². The van der Waals surface area contributed by atoms with Crippen molar-refractivity contribution in [3.8, 4) is 11.8 Å². The maximum absolute atomic E-state index is 13.3. The Kier molecular flexibility index (Phi) is 7.32. The summed E-state index contributed by atoms with van der Waals surface area (Å²) in [5.74, 6) is 0.337. The lowest BCUT2D eigenvalue weighted by atomic mass is 9.69. The summed E-state index contributed by atoms with van der Waals surface area (Å²) >= 11 is 1.30. The molecular weight excluding hydrogens is 458 g/mol. The number of nitriles is 1. The van der Waals surface area contributed by atoms with Gasteiger partial charge in [-0.1, -0.05) is 68.1 Å². The van der Waals surface area contributed by atoms with Gasteiger partial charge in [-0.15, -0.1) is 0 Å². The summed E-state index contributed by atoms with van der Waals surface area (Å²) in [7, 11) is 1.60. The SMILES string of the molecule is COc1ccc([C@@H]2C(C#N)=C(SCC(=O)NCc3ccccc3)NC3=C2C(=O)CC(C)(C)C3)cc1. The number of rotatable bonds is 7. The van der Waals surface area contributed by atoms with Crippen LogP contribution in [0, 0.1) is 16.7 Å². The predicted molar refractivity (Wildman–Crippen MR) is 137 cm³/mol. The van der Waals surface area contributed by atoms with E-state index >= 15 is 0 Å². The van der Waals surface area contributed by atoms with Crippen LogP contribution in [0.3, 0.4) is 0 Å². The van der Waals surface area contributed by atoms with E-state index in [0.717, 1.165) is 16.8 Å². The number of benzene rings is 2. The monoisotopic (exact) mass is 487 g/mol. The molecule has 0 radical (unpaired) electrons. The molecule has 0 spiro atoms. The van der Waals surface area contributed by atoms with Crippen molar-refractivity contribution in [1.29, 1.82) is 5.26 Å². The van der Waals surface area contributed by atoms with Crippen LogP contribution in [0.5, 0.6) is 5.75 Å². The fourth-order valence-electron chi connectivity index (χ4n) is 4.61. The van der Waals surface area contributed by atoms with Gasteiger partial charge in [0.2, 0.25) is 5.91 Å². The molecule has 1 amide bonds. The van der Waals surface area contributed by atoms with Gasteiger partial charge in [-0.25, -0.2) is 0 Å². The van der Waals surface area contributed by atoms with Crippen LogP contribution in [0.15, 0.2) is 76.5 Å². The minimum Gasteiger partial charge on any atom is -0.497 e. The van der Waals surface area contributed by atoms with Gasteiger partial charge in [0.25, 0.3) is 0 Å². The second-order valence-electron chi connectivity index (χ2n) is 9.57. The third-order valence-corrected chi connectivity index (χ3v) is 7.27. The highest BCUT2D eigenvalue weighted by molar-refractivity contribution is 8.03. The van der Waals surface area contributed by atoms with Gasteiger partial charge in [0.15, 0.2) is 5.78 Å². The number of methoxy groups -OCH3 is 1. The van der Waals surface area contributed by atoms with E-state index in [2.05, 4.69) is 30.6 Å². The third-order valence-electron chi connectivity index (χ3n) is 6.26. The van der Waals surface area contributed by atoms with Crippen LogP contribution >= 0.6 is 11.8 Å². The summed E-state index contributed by atoms with van der Waals surface area (Å²) in [6.07, 6.45) is 1.13. The number of amides is 1. The lowest BCUT2D eigenvalue weighted by Gasteiger charge is -2.39. The third kappa shape index (κ3) is 5.60. The van der Waals surface area contributed by atoms with Crippen molar-refractivity contribution < 1.29 is 14.3 Å². The number of allylic oxidation sites excluding steroid dienone is 3. The van der Waals surface area contributed by atoms with Crippen molar-refractivity contribution in [2.75, 3.05) is 12.9 Å². The Morgan fingerprint density at radius 1 is 1.17 bits per heavy atom. The second kappa shape index (κ2) is 10.4. The highest BCUT2D eigenvalue weighted by Gasteiger charge is 2.41. The fourth-order valence-corrected chi connectivity index (χ4v) is 5.50. The molecule has 0 saturated heterocycles. The second-order valence-corrected chi connectivity index (χ2v) is 10.6. The maximum Gasteiger partial charge on any atom is 0.230 e. The summed E-state index contributed by atoms with van der Waals surface area (Å²) in [4.78, 5) is 25.8. The average Bonchev–Trinajstić information content (AvgIpc) is 2.85. The van der Waals surface area contributed by atoms with Crippen LogP contribution in [0.2, 0.25) is 0 Å². The Hall–Kier alpha value is -3.50. The van der Waals surface area contributed by atoms with E-state index in [9.17, 15) is 14.9 Å². The molecule has 1 aliphatic heterocycles. The first kappa shape index (κ1) is 24.6. The van der Waals surface area contributed by atoms with Gasteiger partial charge in [-0.2, -0.15) is 5.26 Å². The number of carbonyl (C=O) groups excluding carboxylic acids is 2. The van der Waals surface area contributed by atoms with Gasteiger partial charge in [-0.05, 0) is 35.1 Å². The number of hydrogen-bond acceptors (Lipinski definition) is 6. The molecule has 0 saturated carbocycles. The molecule has 2 aromatic rings. The van der Waals surface area contributed by atoms with Crippen LogP contribution in [-0.2, 0) is 16.1 Å². The van der Waals surface area contributed by atoms with E-state index < -0.39 is 5.92 Å². The molecule has 1 atom stereocenters. The zero-order valence-corrected chi connectivity index (χ0v) is 21.0. The Bertz CT molecular complexity index is 1220. The molecule has 0 aromatic heterocycles. The molecule has 1 heterocycles. The van der Waals surface area contributed by atoms with Crippen LogP contribution in [0.4, 0.5) is 0 Å². The summed E-state index contributed by atoms with van der Waals surface area (Å²) in [5, 5.41) is 17.1. The van der Waals surface area contributed by atoms with Crippen molar-refractivity contribution >= 4 is 23.5 Å². The van der Waals surface area contributed by atoms with Gasteiger partial charge >= 0.3 is 0 Å². The van der Waals surface area contributed by atoms with Gasteiger partial charge in [0.1, 0.15) is 5.75 Å². The molecule has 0 bridgehead atoms. The summed E-state index contributed by atoms with van der Waals surface area (Å²) in [6.45, 7) is 4.60. The number of dihydropyridines is 1. The number of Topliss-reactive ketones (excluding diaryl/α,β-unsaturated/α-hetero) is 1. The molecule has 2 aromatic carbocycles. The van der Waals surface area contributed by atoms with Crippen molar-refractivity contribution in [2.24, 2.45) is 5.41 Å². The molecule has 2 aliphatic rings. The molecule has 7 heteroatoms. The zero-order valence-electron chi connectivity index (χ0n) is 20.2. The topological polar surface area (TPSA) is 91.2 Å². The van der Waals surface area contributed by atoms with E-state index in [1.807, 2.05) is 54.6 Å². The first-order chi connectivity index (χ1) is 16.8. The highest BCUT2D eigenvalue weighted by atomic mass is 32.2. The van der Waals surface area contributed by atoms with E-state index in [-0.39, 0.29) is 22.9 Å². The van der Waals surface area contributed by atoms with E-state index in [1.54, 1.807) is 7.11 Å². The molecular formula is C28H29N3O3S. The number of carbonyl (C=O) groups is 2. The summed E-state index contributed by atoms with van der Waals surface area (Å²) in [5.41, 5.74) is 3.66. The van der Waals surface area contributed by atoms with Gasteiger partial charge < -0.3 is 15.4 Å². The first-order valence-corrected chi connectivity index (χ1v) is 12.5. The molecule has 4 rings (SSSR count). The number of ether oxygens (including phenoxy) is 1. The number of thioether (sulfide) groups is 1. The normalized spacial score (nSPS) is 18.9. The summed E-state index contributed by atoms with van der Waals surface area (Å²) in [6, 6.07) is 19.5. The lowest BCUT2D eigenvalue weighted by Crippen LogP contribution is -2.37. The van der Waals surface area contributed by atoms with Crippen LogP contribution in [0.1, 0.15) is 43.7 Å². The van der Waals surface area contributed by atoms with Crippen molar-refractivity contribution in [3.05, 3.63) is 87.6 Å². The number of nitrogens with zero attached hydrogens (tertiary/aromatic N) is 1. The van der Waals surface area contributed by atoms with Crippen LogP contribution in [0.25, 0.3) is 0 Å².